The Hall–Kier alpha value is -2.10. The quantitative estimate of drug-likeness (QED) is 0.190. The summed E-state index contributed by atoms with van der Waals surface area (Å²) >= 11 is 0. The maximum Gasteiger partial charge on any atom is 0.397 e. The van der Waals surface area contributed by atoms with E-state index in [9.17, 15) is 4.79 Å². The van der Waals surface area contributed by atoms with Crippen LogP contribution in [-0.4, -0.2) is 11.6 Å². The predicted molar refractivity (Wildman–Crippen MR) is 130 cm³/mol. The lowest BCUT2D eigenvalue weighted by Crippen LogP contribution is -2.06. The van der Waals surface area contributed by atoms with Gasteiger partial charge in [0.25, 0.3) is 0 Å². The molecule has 172 valence electrons. The fourth-order valence-electron chi connectivity index (χ4n) is 3.74. The molecule has 0 radical (unpaired) electrons. The Bertz CT molecular complexity index is 825. The lowest BCUT2D eigenvalue weighted by molar-refractivity contribution is 0.211. The van der Waals surface area contributed by atoms with Crippen LogP contribution in [-0.2, 0) is 0 Å². The first-order chi connectivity index (χ1) is 15.2. The third kappa shape index (κ3) is 10.7. The SMILES string of the molecule is CCCCCC/C=C\CCCCCCCCCCOc1nc2ccc(C)cc2c(=O)o1. The number of aryl methyl sites for hydroxylation is 1. The summed E-state index contributed by atoms with van der Waals surface area (Å²) in [6.07, 6.45) is 22.7. The second-order valence-corrected chi connectivity index (χ2v) is 8.57. The number of unbranched alkanes of at least 4 members (excludes halogenated alkanes) is 12. The van der Waals surface area contributed by atoms with Crippen molar-refractivity contribution in [3.8, 4) is 6.08 Å². The van der Waals surface area contributed by atoms with E-state index >= 15 is 0 Å². The van der Waals surface area contributed by atoms with Crippen LogP contribution >= 0.6 is 0 Å². The molecule has 0 aliphatic carbocycles. The Labute approximate surface area is 188 Å². The molecule has 0 unspecified atom stereocenters. The minimum absolute atomic E-state index is 0.0800. The van der Waals surface area contributed by atoms with E-state index in [4.69, 9.17) is 9.15 Å². The van der Waals surface area contributed by atoms with Gasteiger partial charge < -0.3 is 9.15 Å². The Balaban J connectivity index is 1.43. The zero-order valence-corrected chi connectivity index (χ0v) is 19.7. The number of allylic oxidation sites excluding steroid dienone is 2. The van der Waals surface area contributed by atoms with Crippen LogP contribution in [0.1, 0.15) is 102 Å². The van der Waals surface area contributed by atoms with E-state index in [0.29, 0.717) is 17.5 Å². The highest BCUT2D eigenvalue weighted by molar-refractivity contribution is 5.77. The normalized spacial score (nSPS) is 11.5. The lowest BCUT2D eigenvalue weighted by Gasteiger charge is -2.05. The van der Waals surface area contributed by atoms with Gasteiger partial charge in [-0.05, 0) is 51.2 Å². The number of fused-ring (bicyclic) bond motifs is 1. The summed E-state index contributed by atoms with van der Waals surface area (Å²) in [5.41, 5.74) is 1.26. The maximum absolute atomic E-state index is 12.0. The van der Waals surface area contributed by atoms with Gasteiger partial charge in [0.05, 0.1) is 17.5 Å². The van der Waals surface area contributed by atoms with E-state index in [2.05, 4.69) is 24.1 Å². The van der Waals surface area contributed by atoms with E-state index in [0.717, 1.165) is 18.4 Å². The number of hydrogen-bond acceptors (Lipinski definition) is 4. The number of nitrogens with zero attached hydrogens (tertiary/aromatic N) is 1. The van der Waals surface area contributed by atoms with Gasteiger partial charge in [-0.1, -0.05) is 88.5 Å². The molecular weight excluding hydrogens is 386 g/mol. The van der Waals surface area contributed by atoms with Crippen molar-refractivity contribution in [3.05, 3.63) is 46.3 Å². The van der Waals surface area contributed by atoms with E-state index in [-0.39, 0.29) is 11.7 Å². The van der Waals surface area contributed by atoms with Gasteiger partial charge in [-0.2, -0.15) is 4.98 Å². The zero-order chi connectivity index (χ0) is 22.2. The second-order valence-electron chi connectivity index (χ2n) is 8.57. The average Bonchev–Trinajstić information content (AvgIpc) is 2.76. The van der Waals surface area contributed by atoms with Gasteiger partial charge >= 0.3 is 11.7 Å². The molecular formula is C27H41NO3. The molecule has 2 rings (SSSR count). The Morgan fingerprint density at radius 2 is 1.48 bits per heavy atom. The third-order valence-corrected chi connectivity index (χ3v) is 5.65. The van der Waals surface area contributed by atoms with Gasteiger partial charge in [0.2, 0.25) is 0 Å². The van der Waals surface area contributed by atoms with Crippen molar-refractivity contribution in [1.82, 2.24) is 4.98 Å². The van der Waals surface area contributed by atoms with Gasteiger partial charge in [0, 0.05) is 0 Å². The minimum atomic E-state index is -0.383. The van der Waals surface area contributed by atoms with Gasteiger partial charge in [-0.25, -0.2) is 4.79 Å². The van der Waals surface area contributed by atoms with Crippen LogP contribution < -0.4 is 10.4 Å². The molecule has 0 saturated carbocycles. The summed E-state index contributed by atoms with van der Waals surface area (Å²) in [7, 11) is 0. The number of benzene rings is 1. The summed E-state index contributed by atoms with van der Waals surface area (Å²) in [5, 5.41) is 0.505. The van der Waals surface area contributed by atoms with Gasteiger partial charge in [-0.3, -0.25) is 0 Å². The molecule has 2 aromatic rings. The van der Waals surface area contributed by atoms with Gasteiger partial charge in [-0.15, -0.1) is 0 Å². The maximum atomic E-state index is 12.0. The Morgan fingerprint density at radius 1 is 0.871 bits per heavy atom. The van der Waals surface area contributed by atoms with E-state index in [1.807, 2.05) is 19.1 Å². The highest BCUT2D eigenvalue weighted by Crippen LogP contribution is 2.15. The molecule has 0 spiro atoms. The summed E-state index contributed by atoms with van der Waals surface area (Å²) in [4.78, 5) is 16.3. The highest BCUT2D eigenvalue weighted by Gasteiger charge is 2.07. The molecule has 1 aromatic heterocycles. The summed E-state index contributed by atoms with van der Waals surface area (Å²) in [5.74, 6) is 0. The number of hydrogen-bond donors (Lipinski definition) is 0. The number of rotatable bonds is 17. The van der Waals surface area contributed by atoms with Crippen LogP contribution in [0.4, 0.5) is 0 Å². The Kier molecular flexibility index (Phi) is 12.7. The first kappa shape index (κ1) is 25.2. The fourth-order valence-corrected chi connectivity index (χ4v) is 3.74. The second kappa shape index (κ2) is 15.7. The molecule has 4 heteroatoms. The molecule has 31 heavy (non-hydrogen) atoms. The van der Waals surface area contributed by atoms with Crippen LogP contribution in [0.15, 0.2) is 39.6 Å². The molecule has 0 aliphatic rings. The van der Waals surface area contributed by atoms with Crippen LogP contribution in [0, 0.1) is 6.92 Å². The largest absolute Gasteiger partial charge is 0.450 e. The Morgan fingerprint density at radius 3 is 2.16 bits per heavy atom. The topological polar surface area (TPSA) is 52.3 Å². The summed E-state index contributed by atoms with van der Waals surface area (Å²) in [6, 6.07) is 5.56. The van der Waals surface area contributed by atoms with E-state index < -0.39 is 0 Å². The summed E-state index contributed by atoms with van der Waals surface area (Å²) in [6.45, 7) is 4.74. The molecule has 0 saturated heterocycles. The van der Waals surface area contributed by atoms with Crippen molar-refractivity contribution in [2.75, 3.05) is 6.61 Å². The predicted octanol–water partition coefficient (Wildman–Crippen LogP) is 7.91. The third-order valence-electron chi connectivity index (χ3n) is 5.65. The molecule has 0 aliphatic heterocycles. The van der Waals surface area contributed by atoms with Crippen molar-refractivity contribution in [2.24, 2.45) is 0 Å². The summed E-state index contributed by atoms with van der Waals surface area (Å²) < 4.78 is 10.7. The van der Waals surface area contributed by atoms with Crippen LogP contribution in [0.2, 0.25) is 0 Å². The van der Waals surface area contributed by atoms with Crippen molar-refractivity contribution < 1.29 is 9.15 Å². The molecule has 1 aromatic carbocycles. The number of aromatic nitrogens is 1. The van der Waals surface area contributed by atoms with Crippen molar-refractivity contribution in [3.63, 3.8) is 0 Å². The minimum Gasteiger partial charge on any atom is -0.450 e. The standard InChI is InChI=1S/C27H41NO3/c1-3-4-5-6-7-8-9-10-11-12-13-14-15-16-17-18-21-30-27-28-25-20-19-23(2)22-24(25)26(29)31-27/h8-9,19-20,22H,3-7,10-18,21H2,1-2H3/b9-8-. The first-order valence-electron chi connectivity index (χ1n) is 12.4. The molecule has 0 N–H and O–H groups in total. The monoisotopic (exact) mass is 427 g/mol. The first-order valence-corrected chi connectivity index (χ1v) is 12.4. The van der Waals surface area contributed by atoms with Crippen molar-refractivity contribution >= 4 is 10.9 Å². The molecule has 4 nitrogen and oxygen atoms in total. The smallest absolute Gasteiger partial charge is 0.397 e. The van der Waals surface area contributed by atoms with Crippen LogP contribution in [0.25, 0.3) is 10.9 Å². The molecule has 1 heterocycles. The molecule has 0 atom stereocenters. The van der Waals surface area contributed by atoms with Crippen molar-refractivity contribution in [1.29, 1.82) is 0 Å². The van der Waals surface area contributed by atoms with Crippen molar-refractivity contribution in [2.45, 2.75) is 104 Å². The number of ether oxygens (including phenoxy) is 1. The van der Waals surface area contributed by atoms with E-state index in [1.54, 1.807) is 6.07 Å². The molecule has 0 amide bonds. The van der Waals surface area contributed by atoms with Gasteiger partial charge in [0.1, 0.15) is 0 Å². The van der Waals surface area contributed by atoms with Gasteiger partial charge in [0.15, 0.2) is 0 Å². The molecule has 0 bridgehead atoms. The van der Waals surface area contributed by atoms with Crippen LogP contribution in [0.3, 0.4) is 0 Å². The zero-order valence-electron chi connectivity index (χ0n) is 19.7. The lowest BCUT2D eigenvalue weighted by atomic mass is 10.1. The average molecular weight is 428 g/mol. The van der Waals surface area contributed by atoms with E-state index in [1.165, 1.54) is 77.0 Å². The van der Waals surface area contributed by atoms with Crippen LogP contribution in [0.5, 0.6) is 6.08 Å². The molecule has 0 fully saturated rings. The fraction of sp³-hybridized carbons (Fsp3) is 0.630. The highest BCUT2D eigenvalue weighted by atomic mass is 16.6.